The average Bonchev–Trinajstić information content (AvgIpc) is 3.04. The molecular formula is C18H20F2N2O. The van der Waals surface area contributed by atoms with Crippen LogP contribution in [0, 0.1) is 5.92 Å². The van der Waals surface area contributed by atoms with Gasteiger partial charge < -0.3 is 4.98 Å². The van der Waals surface area contributed by atoms with Crippen molar-refractivity contribution < 1.29 is 8.78 Å². The molecule has 1 heterocycles. The van der Waals surface area contributed by atoms with E-state index in [0.29, 0.717) is 23.4 Å². The van der Waals surface area contributed by atoms with E-state index in [4.69, 9.17) is 0 Å². The number of nitrogens with one attached hydrogen (secondary N) is 1. The van der Waals surface area contributed by atoms with E-state index in [0.717, 1.165) is 12.5 Å². The van der Waals surface area contributed by atoms with Crippen molar-refractivity contribution in [3.8, 4) is 0 Å². The third kappa shape index (κ3) is 3.66. The second-order valence-corrected chi connectivity index (χ2v) is 6.18. The number of halogens is 2. The molecule has 23 heavy (non-hydrogen) atoms. The zero-order valence-corrected chi connectivity index (χ0v) is 12.9. The van der Waals surface area contributed by atoms with Gasteiger partial charge in [0.15, 0.2) is 5.69 Å². The molecule has 1 aromatic carbocycles. The number of H-pyrrole nitrogens is 1. The number of aromatic amines is 1. The number of benzene rings is 1. The Morgan fingerprint density at radius 3 is 2.78 bits per heavy atom. The summed E-state index contributed by atoms with van der Waals surface area (Å²) >= 11 is 0. The number of hydrogen-bond acceptors (Lipinski definition) is 2. The third-order valence-electron chi connectivity index (χ3n) is 4.46. The minimum absolute atomic E-state index is 0.362. The largest absolute Gasteiger partial charge is 0.319 e. The van der Waals surface area contributed by atoms with Crippen LogP contribution in [-0.4, -0.2) is 9.97 Å². The summed E-state index contributed by atoms with van der Waals surface area (Å²) in [6.07, 6.45) is 8.76. The van der Waals surface area contributed by atoms with Crippen molar-refractivity contribution in [1.82, 2.24) is 9.97 Å². The van der Waals surface area contributed by atoms with Crippen LogP contribution in [0.15, 0.2) is 41.2 Å². The molecule has 0 bridgehead atoms. The highest BCUT2D eigenvalue weighted by Gasteiger charge is 2.33. The van der Waals surface area contributed by atoms with Gasteiger partial charge in [0, 0.05) is 0 Å². The molecule has 0 amide bonds. The second kappa shape index (κ2) is 6.60. The summed E-state index contributed by atoms with van der Waals surface area (Å²) in [6, 6.07) is 6.67. The van der Waals surface area contributed by atoms with Crippen LogP contribution in [0.1, 0.15) is 44.2 Å². The van der Waals surface area contributed by atoms with Gasteiger partial charge in [0.1, 0.15) is 0 Å². The average molecular weight is 318 g/mol. The summed E-state index contributed by atoms with van der Waals surface area (Å²) in [5.41, 5.74) is -0.758. The number of fused-ring (bicyclic) bond motifs is 1. The summed E-state index contributed by atoms with van der Waals surface area (Å²) in [5.74, 6) is -2.69. The Balaban J connectivity index is 1.75. The highest BCUT2D eigenvalue weighted by Crippen LogP contribution is 2.30. The molecule has 0 atom stereocenters. The van der Waals surface area contributed by atoms with E-state index in [1.54, 1.807) is 24.3 Å². The number of aromatic nitrogens is 2. The molecule has 0 unspecified atom stereocenters. The molecular weight excluding hydrogens is 298 g/mol. The molecule has 122 valence electrons. The van der Waals surface area contributed by atoms with E-state index in [1.807, 2.05) is 0 Å². The molecule has 1 aliphatic rings. The maximum atomic E-state index is 14.3. The summed E-state index contributed by atoms with van der Waals surface area (Å²) in [6.45, 7) is 0. The van der Waals surface area contributed by atoms with Crippen LogP contribution in [0.5, 0.6) is 0 Å². The van der Waals surface area contributed by atoms with Gasteiger partial charge >= 0.3 is 5.92 Å². The van der Waals surface area contributed by atoms with Crippen LogP contribution < -0.4 is 5.56 Å². The van der Waals surface area contributed by atoms with Crippen LogP contribution in [0.25, 0.3) is 11.0 Å². The number of allylic oxidation sites excluding steroid dienone is 2. The van der Waals surface area contributed by atoms with Gasteiger partial charge in [-0.05, 0) is 37.0 Å². The lowest BCUT2D eigenvalue weighted by Crippen LogP contribution is -2.25. The predicted octanol–water partition coefficient (Wildman–Crippen LogP) is 4.54. The fourth-order valence-corrected chi connectivity index (χ4v) is 3.20. The SMILES string of the molecule is O=c1[nH]c2ccccc2nc1C(F)(F)/C=C/CCC1CCCC1. The van der Waals surface area contributed by atoms with Crippen molar-refractivity contribution in [3.05, 3.63) is 52.5 Å². The molecule has 0 saturated heterocycles. The minimum atomic E-state index is -3.35. The Labute approximate surface area is 133 Å². The van der Waals surface area contributed by atoms with Gasteiger partial charge in [-0.3, -0.25) is 4.79 Å². The first-order valence-corrected chi connectivity index (χ1v) is 8.11. The molecule has 1 aromatic heterocycles. The molecule has 3 rings (SSSR count). The molecule has 0 radical (unpaired) electrons. The van der Waals surface area contributed by atoms with Gasteiger partial charge in [-0.2, -0.15) is 8.78 Å². The fourth-order valence-electron chi connectivity index (χ4n) is 3.20. The zero-order valence-electron chi connectivity index (χ0n) is 12.9. The lowest BCUT2D eigenvalue weighted by molar-refractivity contribution is 0.0455. The van der Waals surface area contributed by atoms with Gasteiger partial charge in [0.05, 0.1) is 11.0 Å². The van der Waals surface area contributed by atoms with Crippen molar-refractivity contribution >= 4 is 11.0 Å². The topological polar surface area (TPSA) is 45.8 Å². The lowest BCUT2D eigenvalue weighted by atomic mass is 10.0. The Bertz CT molecular complexity index is 761. The molecule has 1 aliphatic carbocycles. The summed E-state index contributed by atoms with van der Waals surface area (Å²) in [4.78, 5) is 18.2. The first-order chi connectivity index (χ1) is 11.1. The molecule has 5 heteroatoms. The molecule has 1 saturated carbocycles. The molecule has 0 spiro atoms. The molecule has 0 aliphatic heterocycles. The van der Waals surface area contributed by atoms with Crippen LogP contribution in [0.2, 0.25) is 0 Å². The monoisotopic (exact) mass is 318 g/mol. The quantitative estimate of drug-likeness (QED) is 0.823. The minimum Gasteiger partial charge on any atom is -0.319 e. The molecule has 2 aromatic rings. The number of nitrogens with zero attached hydrogens (tertiary/aromatic N) is 1. The maximum absolute atomic E-state index is 14.3. The van der Waals surface area contributed by atoms with E-state index in [-0.39, 0.29) is 0 Å². The predicted molar refractivity (Wildman–Crippen MR) is 86.6 cm³/mol. The first kappa shape index (κ1) is 15.8. The van der Waals surface area contributed by atoms with Crippen molar-refractivity contribution in [2.24, 2.45) is 5.92 Å². The summed E-state index contributed by atoms with van der Waals surface area (Å²) in [5, 5.41) is 0. The Morgan fingerprint density at radius 1 is 1.26 bits per heavy atom. The number of rotatable bonds is 5. The lowest BCUT2D eigenvalue weighted by Gasteiger charge is -2.11. The van der Waals surface area contributed by atoms with Gasteiger partial charge in [0.2, 0.25) is 0 Å². The van der Waals surface area contributed by atoms with Gasteiger partial charge in [-0.15, -0.1) is 0 Å². The number of hydrogen-bond donors (Lipinski definition) is 1. The maximum Gasteiger partial charge on any atom is 0.313 e. The van der Waals surface area contributed by atoms with E-state index < -0.39 is 17.2 Å². The normalized spacial score (nSPS) is 16.6. The van der Waals surface area contributed by atoms with E-state index >= 15 is 0 Å². The van der Waals surface area contributed by atoms with E-state index in [2.05, 4.69) is 9.97 Å². The van der Waals surface area contributed by atoms with Crippen LogP contribution >= 0.6 is 0 Å². The van der Waals surface area contributed by atoms with Crippen molar-refractivity contribution in [1.29, 1.82) is 0 Å². The van der Waals surface area contributed by atoms with Crippen LogP contribution in [-0.2, 0) is 5.92 Å². The molecule has 1 fully saturated rings. The van der Waals surface area contributed by atoms with E-state index in [1.165, 1.54) is 31.8 Å². The van der Waals surface area contributed by atoms with Gasteiger partial charge in [-0.1, -0.05) is 43.9 Å². The second-order valence-electron chi connectivity index (χ2n) is 6.18. The van der Waals surface area contributed by atoms with Crippen molar-refractivity contribution in [2.75, 3.05) is 0 Å². The van der Waals surface area contributed by atoms with Crippen molar-refractivity contribution in [3.63, 3.8) is 0 Å². The van der Waals surface area contributed by atoms with Crippen LogP contribution in [0.3, 0.4) is 0 Å². The summed E-state index contributed by atoms with van der Waals surface area (Å²) in [7, 11) is 0. The van der Waals surface area contributed by atoms with Crippen LogP contribution in [0.4, 0.5) is 8.78 Å². The van der Waals surface area contributed by atoms with Crippen molar-refractivity contribution in [2.45, 2.75) is 44.4 Å². The van der Waals surface area contributed by atoms with E-state index in [9.17, 15) is 13.6 Å². The third-order valence-corrected chi connectivity index (χ3v) is 4.46. The standard InChI is InChI=1S/C18H20F2N2O/c19-18(20,12-6-5-9-13-7-1-2-8-13)16-17(23)22-15-11-4-3-10-14(15)21-16/h3-4,6,10-13H,1-2,5,7-9H2,(H,22,23)/b12-6+. The first-order valence-electron chi connectivity index (χ1n) is 8.11. The Hall–Kier alpha value is -2.04. The van der Waals surface area contributed by atoms with Gasteiger partial charge in [-0.25, -0.2) is 4.98 Å². The molecule has 3 nitrogen and oxygen atoms in total. The fraction of sp³-hybridized carbons (Fsp3) is 0.444. The Kier molecular flexibility index (Phi) is 4.55. The van der Waals surface area contributed by atoms with Gasteiger partial charge in [0.25, 0.3) is 5.56 Å². The smallest absolute Gasteiger partial charge is 0.313 e. The number of para-hydroxylation sites is 2. The highest BCUT2D eigenvalue weighted by molar-refractivity contribution is 5.73. The summed E-state index contributed by atoms with van der Waals surface area (Å²) < 4.78 is 28.6. The molecule has 1 N–H and O–H groups in total. The Morgan fingerprint density at radius 2 is 2.00 bits per heavy atom. The number of alkyl halides is 2. The zero-order chi connectivity index (χ0) is 16.3. The highest BCUT2D eigenvalue weighted by atomic mass is 19.3.